The molecule has 3 atom stereocenters. The number of rotatable bonds is 6. The van der Waals surface area contributed by atoms with Gasteiger partial charge in [-0.1, -0.05) is 37.3 Å². The molecule has 4 rings (SSSR count). The summed E-state index contributed by atoms with van der Waals surface area (Å²) >= 11 is 0. The number of anilines is 1. The fourth-order valence-electron chi connectivity index (χ4n) is 4.63. The van der Waals surface area contributed by atoms with Crippen LogP contribution in [0.15, 0.2) is 54.6 Å². The van der Waals surface area contributed by atoms with Crippen LogP contribution in [0.25, 0.3) is 0 Å². The highest BCUT2D eigenvalue weighted by atomic mass is 32.2. The molecule has 2 aliphatic rings. The second kappa shape index (κ2) is 8.30. The lowest BCUT2D eigenvalue weighted by Gasteiger charge is -2.36. The molecule has 0 spiro atoms. The molecule has 2 N–H and O–H groups in total. The first-order valence-corrected chi connectivity index (χ1v) is 11.9. The van der Waals surface area contributed by atoms with Gasteiger partial charge < -0.3 is 10.0 Å². The largest absolute Gasteiger partial charge is 0.480 e. The quantitative estimate of drug-likeness (QED) is 0.660. The molecule has 1 aliphatic heterocycles. The lowest BCUT2D eigenvalue weighted by Crippen LogP contribution is -2.56. The molecule has 7 nitrogen and oxygen atoms in total. The summed E-state index contributed by atoms with van der Waals surface area (Å²) < 4.78 is 68.1. The molecule has 0 amide bonds. The minimum Gasteiger partial charge on any atom is -0.480 e. The molecule has 0 aromatic heterocycles. The molecule has 11 heteroatoms. The molecule has 1 heterocycles. The molecular formula is C22H24F3N3O4S. The molecule has 0 unspecified atom stereocenters. The van der Waals surface area contributed by atoms with Crippen LogP contribution in [0.5, 0.6) is 0 Å². The third-order valence-electron chi connectivity index (χ3n) is 6.55. The number of alkyl halides is 3. The second-order valence-electron chi connectivity index (χ2n) is 8.39. The van der Waals surface area contributed by atoms with Gasteiger partial charge in [-0.15, -0.1) is 0 Å². The predicted octanol–water partition coefficient (Wildman–Crippen LogP) is 2.92. The summed E-state index contributed by atoms with van der Waals surface area (Å²) in [7, 11) is -4.10. The first kappa shape index (κ1) is 23.5. The van der Waals surface area contributed by atoms with Crippen molar-refractivity contribution >= 4 is 21.9 Å². The number of nitrogens with zero attached hydrogens (tertiary/aromatic N) is 2. The number of nitrogens with one attached hydrogen (secondary N) is 1. The summed E-state index contributed by atoms with van der Waals surface area (Å²) in [5.74, 6) is -2.14. The first-order valence-electron chi connectivity index (χ1n) is 10.5. The van der Waals surface area contributed by atoms with Gasteiger partial charge in [-0.2, -0.15) is 30.6 Å². The van der Waals surface area contributed by atoms with Gasteiger partial charge in [0.25, 0.3) is 10.2 Å². The summed E-state index contributed by atoms with van der Waals surface area (Å²) in [4.78, 5) is 13.9. The normalized spacial score (nSPS) is 26.2. The number of aliphatic carboxylic acids is 1. The van der Waals surface area contributed by atoms with Crippen LogP contribution in [-0.4, -0.2) is 55.5 Å². The fourth-order valence-corrected chi connectivity index (χ4v) is 6.23. The number of piperazine rings is 1. The topological polar surface area (TPSA) is 90.0 Å². The van der Waals surface area contributed by atoms with Crippen LogP contribution in [0, 0.1) is 5.92 Å². The third-order valence-corrected chi connectivity index (χ3v) is 8.19. The highest BCUT2D eigenvalue weighted by Gasteiger charge is 2.70. The molecule has 0 bridgehead atoms. The fraction of sp³-hybridized carbons (Fsp3) is 0.409. The number of carboxylic acids is 1. The minimum atomic E-state index is -4.42. The van der Waals surface area contributed by atoms with Gasteiger partial charge in [0, 0.05) is 37.8 Å². The molecule has 33 heavy (non-hydrogen) atoms. The monoisotopic (exact) mass is 483 g/mol. The van der Waals surface area contributed by atoms with E-state index in [0.29, 0.717) is 5.69 Å². The molecule has 1 saturated carbocycles. The van der Waals surface area contributed by atoms with Crippen molar-refractivity contribution in [2.45, 2.75) is 24.6 Å². The Hall–Kier alpha value is -2.63. The zero-order valence-electron chi connectivity index (χ0n) is 17.8. The third kappa shape index (κ3) is 4.32. The van der Waals surface area contributed by atoms with E-state index < -0.39 is 45.3 Å². The Labute approximate surface area is 190 Å². The second-order valence-corrected chi connectivity index (χ2v) is 10.1. The van der Waals surface area contributed by atoms with Crippen molar-refractivity contribution in [3.05, 3.63) is 65.7 Å². The van der Waals surface area contributed by atoms with E-state index in [1.54, 1.807) is 42.2 Å². The Balaban J connectivity index is 1.44. The average Bonchev–Trinajstić information content (AvgIpc) is 3.37. The first-order chi connectivity index (χ1) is 15.5. The number of halogens is 3. The molecule has 2 aromatic carbocycles. The highest BCUT2D eigenvalue weighted by Crippen LogP contribution is 2.57. The smallest absolute Gasteiger partial charge is 0.416 e. The van der Waals surface area contributed by atoms with Gasteiger partial charge in [-0.05, 0) is 35.7 Å². The zero-order chi connectivity index (χ0) is 24.0. The molecule has 2 aromatic rings. The van der Waals surface area contributed by atoms with Crippen LogP contribution in [-0.2, 0) is 21.2 Å². The van der Waals surface area contributed by atoms with Crippen LogP contribution in [0.3, 0.4) is 0 Å². The SMILES string of the molecule is C[C@@H]1[C@H](c2ccccc2)[C@]1(NS(=O)(=O)N1CCN(c2ccc(C(F)(F)F)cc2)CC1)C(=O)O. The number of carbonyl (C=O) groups is 1. The van der Waals surface area contributed by atoms with Crippen molar-refractivity contribution < 1.29 is 31.5 Å². The number of benzene rings is 2. The summed E-state index contributed by atoms with van der Waals surface area (Å²) in [6.45, 7) is 2.40. The van der Waals surface area contributed by atoms with E-state index in [0.717, 1.165) is 17.7 Å². The summed E-state index contributed by atoms with van der Waals surface area (Å²) in [6.07, 6.45) is -4.42. The van der Waals surface area contributed by atoms with Crippen LogP contribution < -0.4 is 9.62 Å². The Morgan fingerprint density at radius 2 is 1.61 bits per heavy atom. The maximum Gasteiger partial charge on any atom is 0.416 e. The van der Waals surface area contributed by atoms with Gasteiger partial charge in [-0.3, -0.25) is 4.79 Å². The zero-order valence-corrected chi connectivity index (χ0v) is 18.6. The van der Waals surface area contributed by atoms with Crippen molar-refractivity contribution in [3.8, 4) is 0 Å². The van der Waals surface area contributed by atoms with E-state index in [-0.39, 0.29) is 26.2 Å². The van der Waals surface area contributed by atoms with Gasteiger partial charge in [0.05, 0.1) is 5.56 Å². The number of carboxylic acid groups (broad SMARTS) is 1. The van der Waals surface area contributed by atoms with Gasteiger partial charge in [0.2, 0.25) is 0 Å². The Morgan fingerprint density at radius 1 is 1.03 bits per heavy atom. The maximum atomic E-state index is 13.1. The molecule has 0 radical (unpaired) electrons. The van der Waals surface area contributed by atoms with Crippen molar-refractivity contribution in [1.29, 1.82) is 0 Å². The average molecular weight is 484 g/mol. The molecule has 2 fully saturated rings. The standard InChI is InChI=1S/C22H24F3N3O4S/c1-15-19(16-5-3-2-4-6-16)21(15,20(29)30)26-33(31,32)28-13-11-27(12-14-28)18-9-7-17(8-10-18)22(23,24)25/h2-10,15,19,26H,11-14H2,1H3,(H,29,30)/t15-,19-,21+/m1/s1. The molecule has 1 aliphatic carbocycles. The van der Waals surface area contributed by atoms with Crippen molar-refractivity contribution in [2.75, 3.05) is 31.1 Å². The van der Waals surface area contributed by atoms with Crippen LogP contribution in [0.1, 0.15) is 24.0 Å². The van der Waals surface area contributed by atoms with E-state index in [4.69, 9.17) is 0 Å². The Morgan fingerprint density at radius 3 is 2.12 bits per heavy atom. The summed E-state index contributed by atoms with van der Waals surface area (Å²) in [5, 5.41) is 9.90. The van der Waals surface area contributed by atoms with Crippen LogP contribution in [0.2, 0.25) is 0 Å². The van der Waals surface area contributed by atoms with Gasteiger partial charge in [-0.25, -0.2) is 0 Å². The van der Waals surface area contributed by atoms with E-state index in [9.17, 15) is 31.5 Å². The molecule has 178 valence electrons. The van der Waals surface area contributed by atoms with Crippen LogP contribution >= 0.6 is 0 Å². The maximum absolute atomic E-state index is 13.1. The van der Waals surface area contributed by atoms with E-state index in [1.165, 1.54) is 16.4 Å². The van der Waals surface area contributed by atoms with Crippen molar-refractivity contribution in [1.82, 2.24) is 9.03 Å². The van der Waals surface area contributed by atoms with Crippen molar-refractivity contribution in [2.24, 2.45) is 5.92 Å². The number of hydrogen-bond acceptors (Lipinski definition) is 4. The minimum absolute atomic E-state index is 0.0798. The Kier molecular flexibility index (Phi) is 5.92. The molecular weight excluding hydrogens is 459 g/mol. The van der Waals surface area contributed by atoms with E-state index in [2.05, 4.69) is 4.72 Å². The summed E-state index contributed by atoms with van der Waals surface area (Å²) in [5.41, 5.74) is -1.05. The predicted molar refractivity (Wildman–Crippen MR) is 116 cm³/mol. The van der Waals surface area contributed by atoms with E-state index in [1.807, 2.05) is 0 Å². The highest BCUT2D eigenvalue weighted by molar-refractivity contribution is 7.87. The number of hydrogen-bond donors (Lipinski definition) is 2. The lowest BCUT2D eigenvalue weighted by atomic mass is 10.1. The molecule has 1 saturated heterocycles. The van der Waals surface area contributed by atoms with Gasteiger partial charge in [0.1, 0.15) is 5.54 Å². The Bertz CT molecular complexity index is 1120. The van der Waals surface area contributed by atoms with Gasteiger partial charge >= 0.3 is 12.1 Å². The summed E-state index contributed by atoms with van der Waals surface area (Å²) in [6, 6.07) is 13.6. The van der Waals surface area contributed by atoms with Crippen molar-refractivity contribution in [3.63, 3.8) is 0 Å². The van der Waals surface area contributed by atoms with Gasteiger partial charge in [0.15, 0.2) is 0 Å². The van der Waals surface area contributed by atoms with Crippen LogP contribution in [0.4, 0.5) is 18.9 Å². The lowest BCUT2D eigenvalue weighted by molar-refractivity contribution is -0.140. The van der Waals surface area contributed by atoms with E-state index >= 15 is 0 Å².